The predicted octanol–water partition coefficient (Wildman–Crippen LogP) is 5.07. The minimum Gasteiger partial charge on any atom is -0.448 e. The molecule has 0 N–H and O–H groups in total. The Morgan fingerprint density at radius 3 is 2.20 bits per heavy atom. The van der Waals surface area contributed by atoms with Gasteiger partial charge in [0.1, 0.15) is 5.76 Å². The van der Waals surface area contributed by atoms with E-state index in [1.807, 2.05) is 30.3 Å². The SMILES string of the molecule is Clc1ccc(C(Br)c2ccc(Cl)o2)cc1. The first kappa shape index (κ1) is 11.1. The zero-order valence-corrected chi connectivity index (χ0v) is 10.7. The molecule has 15 heavy (non-hydrogen) atoms. The Kier molecular flexibility index (Phi) is 3.39. The van der Waals surface area contributed by atoms with Crippen molar-refractivity contribution < 1.29 is 4.42 Å². The molecule has 1 unspecified atom stereocenters. The van der Waals surface area contributed by atoms with E-state index in [-0.39, 0.29) is 4.83 Å². The first-order chi connectivity index (χ1) is 7.16. The van der Waals surface area contributed by atoms with Gasteiger partial charge in [0.25, 0.3) is 0 Å². The fraction of sp³-hybridized carbons (Fsp3) is 0.0909. The molecule has 0 aliphatic heterocycles. The summed E-state index contributed by atoms with van der Waals surface area (Å²) in [5.41, 5.74) is 1.07. The molecule has 1 heterocycles. The number of hydrogen-bond donors (Lipinski definition) is 0. The highest BCUT2D eigenvalue weighted by Gasteiger charge is 2.13. The van der Waals surface area contributed by atoms with Crippen LogP contribution in [0.1, 0.15) is 16.2 Å². The van der Waals surface area contributed by atoms with Gasteiger partial charge >= 0.3 is 0 Å². The van der Waals surface area contributed by atoms with Gasteiger partial charge in [-0.1, -0.05) is 39.7 Å². The van der Waals surface area contributed by atoms with Crippen LogP contribution in [0.3, 0.4) is 0 Å². The predicted molar refractivity (Wildman–Crippen MR) is 65.9 cm³/mol. The van der Waals surface area contributed by atoms with Crippen LogP contribution in [0.15, 0.2) is 40.8 Å². The number of furan rings is 1. The van der Waals surface area contributed by atoms with Crippen molar-refractivity contribution >= 4 is 39.1 Å². The maximum atomic E-state index is 5.81. The standard InChI is InChI=1S/C11H7BrCl2O/c12-11(9-5-6-10(14)15-9)7-1-3-8(13)4-2-7/h1-6,11H. The smallest absolute Gasteiger partial charge is 0.193 e. The Balaban J connectivity index is 2.28. The third-order valence-electron chi connectivity index (χ3n) is 2.01. The summed E-state index contributed by atoms with van der Waals surface area (Å²) in [6.45, 7) is 0. The number of rotatable bonds is 2. The number of hydrogen-bond acceptors (Lipinski definition) is 1. The molecule has 4 heteroatoms. The molecule has 0 amide bonds. The lowest BCUT2D eigenvalue weighted by Crippen LogP contribution is -1.89. The molecule has 2 rings (SSSR count). The molecule has 1 aromatic carbocycles. The number of halogens is 3. The Labute approximate surface area is 106 Å². The second kappa shape index (κ2) is 4.60. The van der Waals surface area contributed by atoms with Gasteiger partial charge in [-0.05, 0) is 41.4 Å². The summed E-state index contributed by atoms with van der Waals surface area (Å²) < 4.78 is 5.32. The van der Waals surface area contributed by atoms with E-state index in [1.54, 1.807) is 6.07 Å². The van der Waals surface area contributed by atoms with E-state index in [4.69, 9.17) is 27.6 Å². The van der Waals surface area contributed by atoms with Gasteiger partial charge in [0.2, 0.25) is 0 Å². The maximum absolute atomic E-state index is 5.81. The van der Waals surface area contributed by atoms with E-state index in [1.165, 1.54) is 0 Å². The Bertz CT molecular complexity index is 450. The molecule has 1 nitrogen and oxygen atoms in total. The largest absolute Gasteiger partial charge is 0.448 e. The van der Waals surface area contributed by atoms with Crippen LogP contribution in [-0.4, -0.2) is 0 Å². The second-order valence-electron chi connectivity index (χ2n) is 3.06. The third-order valence-corrected chi connectivity index (χ3v) is 3.44. The Hall–Kier alpha value is -0.440. The molecule has 2 aromatic rings. The van der Waals surface area contributed by atoms with Crippen molar-refractivity contribution in [3.8, 4) is 0 Å². The summed E-state index contributed by atoms with van der Waals surface area (Å²) in [6, 6.07) is 11.1. The topological polar surface area (TPSA) is 13.1 Å². The highest BCUT2D eigenvalue weighted by Crippen LogP contribution is 2.33. The van der Waals surface area contributed by atoms with Gasteiger partial charge in [0.15, 0.2) is 5.22 Å². The van der Waals surface area contributed by atoms with Crippen molar-refractivity contribution in [3.63, 3.8) is 0 Å². The van der Waals surface area contributed by atoms with Crippen LogP contribution in [0.4, 0.5) is 0 Å². The normalized spacial score (nSPS) is 12.7. The Morgan fingerprint density at radius 1 is 1.00 bits per heavy atom. The van der Waals surface area contributed by atoms with Crippen molar-refractivity contribution in [2.45, 2.75) is 4.83 Å². The summed E-state index contributed by atoms with van der Waals surface area (Å²) in [6.07, 6.45) is 0. The quantitative estimate of drug-likeness (QED) is 0.706. The van der Waals surface area contributed by atoms with Crippen LogP contribution in [0.25, 0.3) is 0 Å². The minimum atomic E-state index is 0.00210. The highest BCUT2D eigenvalue weighted by molar-refractivity contribution is 9.09. The van der Waals surface area contributed by atoms with Gasteiger partial charge in [0, 0.05) is 5.02 Å². The van der Waals surface area contributed by atoms with E-state index < -0.39 is 0 Å². The van der Waals surface area contributed by atoms with Crippen molar-refractivity contribution in [2.24, 2.45) is 0 Å². The summed E-state index contributed by atoms with van der Waals surface area (Å²) in [4.78, 5) is 0.00210. The van der Waals surface area contributed by atoms with Crippen LogP contribution in [0.2, 0.25) is 10.2 Å². The first-order valence-corrected chi connectivity index (χ1v) is 5.99. The van der Waals surface area contributed by atoms with E-state index in [9.17, 15) is 0 Å². The summed E-state index contributed by atoms with van der Waals surface area (Å²) in [5.74, 6) is 0.780. The fourth-order valence-electron chi connectivity index (χ4n) is 1.26. The number of alkyl halides is 1. The zero-order valence-electron chi connectivity index (χ0n) is 7.58. The lowest BCUT2D eigenvalue weighted by molar-refractivity contribution is 0.521. The molecule has 1 atom stereocenters. The second-order valence-corrected chi connectivity index (χ2v) is 4.78. The first-order valence-electron chi connectivity index (χ1n) is 4.31. The summed E-state index contributed by atoms with van der Waals surface area (Å²) in [7, 11) is 0. The van der Waals surface area contributed by atoms with Gasteiger partial charge in [-0.2, -0.15) is 0 Å². The minimum absolute atomic E-state index is 0.00210. The van der Waals surface area contributed by atoms with Crippen LogP contribution < -0.4 is 0 Å². The molecule has 0 saturated carbocycles. The summed E-state index contributed by atoms with van der Waals surface area (Å²) >= 11 is 15.1. The van der Waals surface area contributed by atoms with E-state index in [2.05, 4.69) is 15.9 Å². The molecule has 0 spiro atoms. The van der Waals surface area contributed by atoms with Crippen molar-refractivity contribution in [2.75, 3.05) is 0 Å². The molecule has 0 aliphatic rings. The maximum Gasteiger partial charge on any atom is 0.193 e. The molecule has 0 saturated heterocycles. The van der Waals surface area contributed by atoms with Gasteiger partial charge in [-0.15, -0.1) is 0 Å². The molecule has 78 valence electrons. The molecule has 1 aromatic heterocycles. The third kappa shape index (κ3) is 2.57. The molecular weight excluding hydrogens is 299 g/mol. The molecule has 0 fully saturated rings. The average Bonchev–Trinajstić information content (AvgIpc) is 2.65. The number of benzene rings is 1. The van der Waals surface area contributed by atoms with Crippen molar-refractivity contribution in [1.82, 2.24) is 0 Å². The van der Waals surface area contributed by atoms with Gasteiger partial charge in [0.05, 0.1) is 4.83 Å². The van der Waals surface area contributed by atoms with Gasteiger partial charge in [-0.3, -0.25) is 0 Å². The molecule has 0 radical (unpaired) electrons. The lowest BCUT2D eigenvalue weighted by Gasteiger charge is -2.06. The average molecular weight is 306 g/mol. The van der Waals surface area contributed by atoms with E-state index in [0.717, 1.165) is 16.3 Å². The van der Waals surface area contributed by atoms with Gasteiger partial charge < -0.3 is 4.42 Å². The van der Waals surface area contributed by atoms with Crippen molar-refractivity contribution in [1.29, 1.82) is 0 Å². The highest BCUT2D eigenvalue weighted by atomic mass is 79.9. The van der Waals surface area contributed by atoms with Crippen LogP contribution in [0, 0.1) is 0 Å². The summed E-state index contributed by atoms with van der Waals surface area (Å²) in [5, 5.41) is 1.11. The van der Waals surface area contributed by atoms with Crippen LogP contribution in [-0.2, 0) is 0 Å². The zero-order chi connectivity index (χ0) is 10.8. The van der Waals surface area contributed by atoms with E-state index in [0.29, 0.717) is 5.22 Å². The van der Waals surface area contributed by atoms with Crippen molar-refractivity contribution in [3.05, 3.63) is 58.0 Å². The van der Waals surface area contributed by atoms with Crippen LogP contribution in [0.5, 0.6) is 0 Å². The molecular formula is C11H7BrCl2O. The monoisotopic (exact) mass is 304 g/mol. The van der Waals surface area contributed by atoms with Gasteiger partial charge in [-0.25, -0.2) is 0 Å². The fourth-order valence-corrected chi connectivity index (χ4v) is 2.09. The molecule has 0 bridgehead atoms. The Morgan fingerprint density at radius 2 is 1.67 bits per heavy atom. The lowest BCUT2D eigenvalue weighted by atomic mass is 10.1. The molecule has 0 aliphatic carbocycles. The van der Waals surface area contributed by atoms with E-state index >= 15 is 0 Å². The van der Waals surface area contributed by atoms with Crippen LogP contribution >= 0.6 is 39.1 Å².